The summed E-state index contributed by atoms with van der Waals surface area (Å²) in [5.41, 5.74) is 5.91. The molecule has 1 aromatic rings. The lowest BCUT2D eigenvalue weighted by Crippen LogP contribution is -2.10. The Morgan fingerprint density at radius 2 is 1.88 bits per heavy atom. The quantitative estimate of drug-likeness (QED) is 0.591. The Morgan fingerprint density at radius 1 is 1.29 bits per heavy atom. The minimum Gasteiger partial charge on any atom is -0.493 e. The third-order valence-electron chi connectivity index (χ3n) is 2.35. The zero-order chi connectivity index (χ0) is 12.8. The van der Waals surface area contributed by atoms with E-state index in [1.165, 1.54) is 26.4 Å². The molecule has 0 saturated heterocycles. The van der Waals surface area contributed by atoms with Crippen LogP contribution in [0.3, 0.4) is 0 Å². The van der Waals surface area contributed by atoms with Gasteiger partial charge in [0.05, 0.1) is 14.2 Å². The van der Waals surface area contributed by atoms with E-state index in [9.17, 15) is 9.59 Å². The molecule has 0 aromatic heterocycles. The number of nitrogens with two attached hydrogens (primary N) is 1. The highest BCUT2D eigenvalue weighted by Crippen LogP contribution is 2.30. The van der Waals surface area contributed by atoms with Crippen molar-refractivity contribution in [3.05, 3.63) is 23.3 Å². The average molecular weight is 237 g/mol. The summed E-state index contributed by atoms with van der Waals surface area (Å²) in [5.74, 6) is 0.646. The van der Waals surface area contributed by atoms with E-state index >= 15 is 0 Å². The van der Waals surface area contributed by atoms with Gasteiger partial charge >= 0.3 is 0 Å². The molecule has 0 atom stereocenters. The summed E-state index contributed by atoms with van der Waals surface area (Å²) >= 11 is 0. The molecule has 0 aliphatic rings. The first kappa shape index (κ1) is 13.2. The first-order valence-corrected chi connectivity index (χ1v) is 5.12. The monoisotopic (exact) mass is 237 g/mol. The summed E-state index contributed by atoms with van der Waals surface area (Å²) in [6.45, 7) is 0.242. The standard InChI is InChI=1S/C12H15NO4/c1-16-11-5-8(7-14)9(6-12(11)17-2)10(15)3-4-13/h5-7H,3-4,13H2,1-2H3. The van der Waals surface area contributed by atoms with Crippen LogP contribution in [-0.2, 0) is 0 Å². The number of hydrogen-bond donors (Lipinski definition) is 1. The minimum atomic E-state index is -0.185. The van der Waals surface area contributed by atoms with Crippen LogP contribution in [0.2, 0.25) is 0 Å². The molecule has 0 unspecified atom stereocenters. The average Bonchev–Trinajstić information content (AvgIpc) is 2.37. The Balaban J connectivity index is 3.28. The minimum absolute atomic E-state index is 0.185. The fourth-order valence-corrected chi connectivity index (χ4v) is 1.50. The Bertz CT molecular complexity index is 429. The lowest BCUT2D eigenvalue weighted by molar-refractivity contribution is 0.0978. The molecule has 0 bridgehead atoms. The van der Waals surface area contributed by atoms with E-state index in [4.69, 9.17) is 15.2 Å². The summed E-state index contributed by atoms with van der Waals surface area (Å²) < 4.78 is 10.1. The molecule has 0 saturated carbocycles. The van der Waals surface area contributed by atoms with Gasteiger partial charge in [0.25, 0.3) is 0 Å². The molecule has 1 aromatic carbocycles. The van der Waals surface area contributed by atoms with Crippen molar-refractivity contribution in [2.45, 2.75) is 6.42 Å². The summed E-state index contributed by atoms with van der Waals surface area (Å²) in [4.78, 5) is 22.7. The molecular formula is C12H15NO4. The van der Waals surface area contributed by atoms with E-state index < -0.39 is 0 Å². The number of rotatable bonds is 6. The molecule has 2 N–H and O–H groups in total. The maximum Gasteiger partial charge on any atom is 0.164 e. The largest absolute Gasteiger partial charge is 0.493 e. The number of Topliss-reactive ketones (excluding diaryl/α,β-unsaturated/α-hetero) is 1. The predicted molar refractivity (Wildman–Crippen MR) is 62.9 cm³/mol. The summed E-state index contributed by atoms with van der Waals surface area (Å²) in [7, 11) is 2.93. The van der Waals surface area contributed by atoms with Crippen molar-refractivity contribution < 1.29 is 19.1 Å². The van der Waals surface area contributed by atoms with E-state index in [0.717, 1.165) is 0 Å². The molecule has 0 aliphatic heterocycles. The molecule has 92 valence electrons. The zero-order valence-corrected chi connectivity index (χ0v) is 9.86. The van der Waals surface area contributed by atoms with Crippen LogP contribution in [0.4, 0.5) is 0 Å². The molecular weight excluding hydrogens is 222 g/mol. The first-order valence-electron chi connectivity index (χ1n) is 5.12. The van der Waals surface area contributed by atoms with Gasteiger partial charge in [0.2, 0.25) is 0 Å². The summed E-state index contributed by atoms with van der Waals surface area (Å²) in [6.07, 6.45) is 0.808. The van der Waals surface area contributed by atoms with Crippen molar-refractivity contribution in [1.82, 2.24) is 0 Å². The van der Waals surface area contributed by atoms with Crippen LogP contribution in [0.25, 0.3) is 0 Å². The van der Waals surface area contributed by atoms with Gasteiger partial charge in [0.1, 0.15) is 0 Å². The molecule has 0 fully saturated rings. The molecule has 0 radical (unpaired) electrons. The molecule has 0 amide bonds. The van der Waals surface area contributed by atoms with Gasteiger partial charge in [-0.15, -0.1) is 0 Å². The maximum absolute atomic E-state index is 11.8. The summed E-state index contributed by atoms with van der Waals surface area (Å²) in [6, 6.07) is 2.98. The number of ether oxygens (including phenoxy) is 2. The Hall–Kier alpha value is -1.88. The van der Waals surface area contributed by atoms with Crippen LogP contribution in [-0.4, -0.2) is 32.8 Å². The fourth-order valence-electron chi connectivity index (χ4n) is 1.50. The molecule has 0 heterocycles. The number of benzene rings is 1. The van der Waals surface area contributed by atoms with Crippen molar-refractivity contribution in [3.8, 4) is 11.5 Å². The molecule has 1 rings (SSSR count). The smallest absolute Gasteiger partial charge is 0.164 e. The molecule has 0 aliphatic carbocycles. The van der Waals surface area contributed by atoms with Crippen molar-refractivity contribution in [2.75, 3.05) is 20.8 Å². The van der Waals surface area contributed by atoms with Crippen molar-refractivity contribution in [3.63, 3.8) is 0 Å². The number of hydrogen-bond acceptors (Lipinski definition) is 5. The fraction of sp³-hybridized carbons (Fsp3) is 0.333. The van der Waals surface area contributed by atoms with Crippen LogP contribution >= 0.6 is 0 Å². The molecule has 5 heteroatoms. The molecule has 0 spiro atoms. The van der Waals surface area contributed by atoms with Crippen LogP contribution in [0, 0.1) is 0 Å². The van der Waals surface area contributed by atoms with Gasteiger partial charge < -0.3 is 15.2 Å². The van der Waals surface area contributed by atoms with Crippen molar-refractivity contribution in [2.24, 2.45) is 5.73 Å². The van der Waals surface area contributed by atoms with Gasteiger partial charge in [0, 0.05) is 17.5 Å². The summed E-state index contributed by atoms with van der Waals surface area (Å²) in [5, 5.41) is 0. The highest BCUT2D eigenvalue weighted by atomic mass is 16.5. The number of ketones is 1. The van der Waals surface area contributed by atoms with Gasteiger partial charge in [-0.3, -0.25) is 9.59 Å². The van der Waals surface area contributed by atoms with Gasteiger partial charge in [-0.05, 0) is 18.7 Å². The van der Waals surface area contributed by atoms with E-state index in [0.29, 0.717) is 23.3 Å². The lowest BCUT2D eigenvalue weighted by Gasteiger charge is -2.11. The van der Waals surface area contributed by atoms with E-state index in [2.05, 4.69) is 0 Å². The van der Waals surface area contributed by atoms with Gasteiger partial charge in [-0.25, -0.2) is 0 Å². The van der Waals surface area contributed by atoms with Crippen molar-refractivity contribution >= 4 is 12.1 Å². The lowest BCUT2D eigenvalue weighted by atomic mass is 10.0. The van der Waals surface area contributed by atoms with Gasteiger partial charge in [-0.2, -0.15) is 0 Å². The van der Waals surface area contributed by atoms with E-state index in [1.807, 2.05) is 0 Å². The zero-order valence-electron chi connectivity index (χ0n) is 9.86. The highest BCUT2D eigenvalue weighted by Gasteiger charge is 2.15. The second kappa shape index (κ2) is 6.00. The van der Waals surface area contributed by atoms with Gasteiger partial charge in [0.15, 0.2) is 23.6 Å². The predicted octanol–water partition coefficient (Wildman–Crippen LogP) is 1.05. The second-order valence-electron chi connectivity index (χ2n) is 3.37. The number of methoxy groups -OCH3 is 2. The van der Waals surface area contributed by atoms with Gasteiger partial charge in [-0.1, -0.05) is 0 Å². The first-order chi connectivity index (χ1) is 8.17. The Morgan fingerprint density at radius 3 is 2.35 bits per heavy atom. The SMILES string of the molecule is COc1cc(C=O)c(C(=O)CCN)cc1OC. The van der Waals surface area contributed by atoms with Crippen LogP contribution in [0.15, 0.2) is 12.1 Å². The highest BCUT2D eigenvalue weighted by molar-refractivity contribution is 6.03. The number of carbonyl (C=O) groups is 2. The Kier molecular flexibility index (Phi) is 4.66. The van der Waals surface area contributed by atoms with Crippen LogP contribution in [0.5, 0.6) is 11.5 Å². The van der Waals surface area contributed by atoms with E-state index in [-0.39, 0.29) is 24.3 Å². The van der Waals surface area contributed by atoms with Crippen LogP contribution < -0.4 is 15.2 Å². The third kappa shape index (κ3) is 2.82. The number of aldehydes is 1. The Labute approximate surface area is 99.5 Å². The molecule has 17 heavy (non-hydrogen) atoms. The molecule has 5 nitrogen and oxygen atoms in total. The third-order valence-corrected chi connectivity index (χ3v) is 2.35. The number of carbonyl (C=O) groups excluding carboxylic acids is 2. The normalized spacial score (nSPS) is 9.82. The van der Waals surface area contributed by atoms with E-state index in [1.54, 1.807) is 0 Å². The topological polar surface area (TPSA) is 78.6 Å². The maximum atomic E-state index is 11.8. The second-order valence-corrected chi connectivity index (χ2v) is 3.37. The van der Waals surface area contributed by atoms with Crippen molar-refractivity contribution in [1.29, 1.82) is 0 Å². The van der Waals surface area contributed by atoms with Crippen LogP contribution in [0.1, 0.15) is 27.1 Å².